The topological polar surface area (TPSA) is 55.6 Å². The largest absolute Gasteiger partial charge is 0.444 e. The van der Waals surface area contributed by atoms with E-state index >= 15 is 0 Å². The summed E-state index contributed by atoms with van der Waals surface area (Å²) in [5, 5.41) is 0. The lowest BCUT2D eigenvalue weighted by atomic mass is 10.0. The molecule has 0 heterocycles. The van der Waals surface area contributed by atoms with Gasteiger partial charge < -0.3 is 15.4 Å². The normalized spacial score (nSPS) is 12.9. The molecule has 21 heavy (non-hydrogen) atoms. The molecule has 0 bridgehead atoms. The fourth-order valence-electron chi connectivity index (χ4n) is 2.10. The number of nitrogen functional groups attached to an aromatic ring is 1. The number of carbonyl (C=O) groups excluding carboxylic acids is 1. The highest BCUT2D eigenvalue weighted by atomic mass is 16.6. The van der Waals surface area contributed by atoms with E-state index in [4.69, 9.17) is 10.5 Å². The Morgan fingerprint density at radius 3 is 2.48 bits per heavy atom. The van der Waals surface area contributed by atoms with Crippen LogP contribution in [-0.2, 0) is 4.74 Å². The molecule has 0 aromatic heterocycles. The van der Waals surface area contributed by atoms with Crippen molar-refractivity contribution in [2.45, 2.75) is 59.6 Å². The molecule has 1 amide bonds. The number of carbonyl (C=O) groups is 1. The van der Waals surface area contributed by atoms with Gasteiger partial charge in [0.15, 0.2) is 0 Å². The monoisotopic (exact) mass is 292 g/mol. The number of amides is 1. The Balaban J connectivity index is 2.98. The number of benzene rings is 1. The van der Waals surface area contributed by atoms with Crippen molar-refractivity contribution in [2.24, 2.45) is 0 Å². The van der Waals surface area contributed by atoms with Crippen LogP contribution in [0.5, 0.6) is 0 Å². The van der Waals surface area contributed by atoms with Gasteiger partial charge in [-0.25, -0.2) is 4.79 Å². The lowest BCUT2D eigenvalue weighted by Crippen LogP contribution is -2.38. The summed E-state index contributed by atoms with van der Waals surface area (Å²) >= 11 is 0. The number of aryl methyl sites for hydroxylation is 1. The van der Waals surface area contributed by atoms with E-state index in [1.54, 1.807) is 4.90 Å². The molecule has 4 nitrogen and oxygen atoms in total. The first kappa shape index (κ1) is 17.3. The number of ether oxygens (including phenoxy) is 1. The summed E-state index contributed by atoms with van der Waals surface area (Å²) in [6, 6.07) is 5.87. The van der Waals surface area contributed by atoms with Crippen LogP contribution >= 0.6 is 0 Å². The number of anilines is 1. The number of hydrogen-bond donors (Lipinski definition) is 1. The zero-order valence-electron chi connectivity index (χ0n) is 14.1. The number of hydrogen-bond acceptors (Lipinski definition) is 3. The first-order valence-corrected chi connectivity index (χ1v) is 7.51. The molecule has 0 spiro atoms. The first-order valence-electron chi connectivity index (χ1n) is 7.51. The van der Waals surface area contributed by atoms with Crippen LogP contribution in [0, 0.1) is 6.92 Å². The van der Waals surface area contributed by atoms with Gasteiger partial charge in [-0.15, -0.1) is 0 Å². The van der Waals surface area contributed by atoms with Crippen molar-refractivity contribution in [3.63, 3.8) is 0 Å². The first-order chi connectivity index (χ1) is 9.65. The van der Waals surface area contributed by atoms with Gasteiger partial charge >= 0.3 is 6.09 Å². The second-order valence-electron chi connectivity index (χ2n) is 6.47. The third-order valence-electron chi connectivity index (χ3n) is 3.35. The van der Waals surface area contributed by atoms with Crippen molar-refractivity contribution in [2.75, 3.05) is 12.3 Å². The van der Waals surface area contributed by atoms with Gasteiger partial charge in [0.2, 0.25) is 0 Å². The van der Waals surface area contributed by atoms with E-state index in [1.165, 1.54) is 0 Å². The van der Waals surface area contributed by atoms with E-state index in [0.29, 0.717) is 6.54 Å². The second-order valence-corrected chi connectivity index (χ2v) is 6.47. The molecule has 0 radical (unpaired) electrons. The minimum Gasteiger partial charge on any atom is -0.444 e. The third kappa shape index (κ3) is 4.96. The van der Waals surface area contributed by atoms with E-state index in [-0.39, 0.29) is 12.1 Å². The van der Waals surface area contributed by atoms with Crippen LogP contribution in [0.4, 0.5) is 10.5 Å². The zero-order valence-corrected chi connectivity index (χ0v) is 14.1. The SMILES string of the molecule is CCCN(C(=O)OC(C)(C)C)[C@@H](C)c1ccc(C)c(N)c1. The van der Waals surface area contributed by atoms with Crippen LogP contribution in [0.25, 0.3) is 0 Å². The standard InChI is InChI=1S/C17H28N2O2/c1-7-10-19(16(20)21-17(4,5)6)13(3)14-9-8-12(2)15(18)11-14/h8-9,11,13H,7,10,18H2,1-6H3/t13-/m0/s1. The lowest BCUT2D eigenvalue weighted by molar-refractivity contribution is 0.0173. The van der Waals surface area contributed by atoms with Gasteiger partial charge in [-0.3, -0.25) is 0 Å². The van der Waals surface area contributed by atoms with Crippen molar-refractivity contribution in [3.8, 4) is 0 Å². The summed E-state index contributed by atoms with van der Waals surface area (Å²) in [6.07, 6.45) is 0.598. The van der Waals surface area contributed by atoms with E-state index in [1.807, 2.05) is 59.7 Å². The maximum atomic E-state index is 12.4. The average Bonchev–Trinajstić information content (AvgIpc) is 2.36. The summed E-state index contributed by atoms with van der Waals surface area (Å²) in [4.78, 5) is 14.1. The van der Waals surface area contributed by atoms with E-state index in [0.717, 1.165) is 23.2 Å². The molecule has 118 valence electrons. The maximum Gasteiger partial charge on any atom is 0.410 e. The molecule has 1 rings (SSSR count). The summed E-state index contributed by atoms with van der Waals surface area (Å²) in [6.45, 7) is 12.3. The van der Waals surface area contributed by atoms with Gasteiger partial charge in [0.05, 0.1) is 6.04 Å². The Kier molecular flexibility index (Phi) is 5.64. The van der Waals surface area contributed by atoms with Crippen LogP contribution in [0.15, 0.2) is 18.2 Å². The Morgan fingerprint density at radius 2 is 2.00 bits per heavy atom. The van der Waals surface area contributed by atoms with Gasteiger partial charge in [-0.1, -0.05) is 19.1 Å². The van der Waals surface area contributed by atoms with Crippen LogP contribution < -0.4 is 5.73 Å². The second kappa shape index (κ2) is 6.83. The van der Waals surface area contributed by atoms with Gasteiger partial charge in [-0.2, -0.15) is 0 Å². The zero-order chi connectivity index (χ0) is 16.2. The molecule has 0 aliphatic carbocycles. The predicted octanol–water partition coefficient (Wildman–Crippen LogP) is 4.29. The van der Waals surface area contributed by atoms with Crippen molar-refractivity contribution in [1.29, 1.82) is 0 Å². The quantitative estimate of drug-likeness (QED) is 0.842. The predicted molar refractivity (Wildman–Crippen MR) is 87.2 cm³/mol. The molecule has 0 fully saturated rings. The Labute approximate surface area is 128 Å². The smallest absolute Gasteiger partial charge is 0.410 e. The van der Waals surface area contributed by atoms with E-state index < -0.39 is 5.60 Å². The maximum absolute atomic E-state index is 12.4. The van der Waals surface area contributed by atoms with Gasteiger partial charge in [0.1, 0.15) is 5.60 Å². The molecule has 2 N–H and O–H groups in total. The molecular formula is C17H28N2O2. The minimum absolute atomic E-state index is 0.0669. The summed E-state index contributed by atoms with van der Waals surface area (Å²) in [5.74, 6) is 0. The van der Waals surface area contributed by atoms with Crippen molar-refractivity contribution in [1.82, 2.24) is 4.90 Å². The molecule has 1 atom stereocenters. The summed E-state index contributed by atoms with van der Waals surface area (Å²) < 4.78 is 5.50. The van der Waals surface area contributed by atoms with Crippen LogP contribution in [-0.4, -0.2) is 23.1 Å². The average molecular weight is 292 g/mol. The third-order valence-corrected chi connectivity index (χ3v) is 3.35. The highest BCUT2D eigenvalue weighted by Gasteiger charge is 2.26. The van der Waals surface area contributed by atoms with Gasteiger partial charge in [0, 0.05) is 12.2 Å². The molecule has 4 heteroatoms. The Bertz CT molecular complexity index is 492. The molecule has 1 aromatic rings. The molecule has 0 unspecified atom stereocenters. The Hall–Kier alpha value is -1.71. The Morgan fingerprint density at radius 1 is 1.38 bits per heavy atom. The highest BCUT2D eigenvalue weighted by Crippen LogP contribution is 2.25. The minimum atomic E-state index is -0.491. The van der Waals surface area contributed by atoms with E-state index in [2.05, 4.69) is 0 Å². The fourth-order valence-corrected chi connectivity index (χ4v) is 2.10. The molecule has 0 saturated heterocycles. The van der Waals surface area contributed by atoms with Crippen LogP contribution in [0.3, 0.4) is 0 Å². The molecule has 0 aliphatic heterocycles. The fraction of sp³-hybridized carbons (Fsp3) is 0.588. The summed E-state index contributed by atoms with van der Waals surface area (Å²) in [5.41, 5.74) is 8.31. The molecular weight excluding hydrogens is 264 g/mol. The number of nitrogens with zero attached hydrogens (tertiary/aromatic N) is 1. The van der Waals surface area contributed by atoms with E-state index in [9.17, 15) is 4.79 Å². The van der Waals surface area contributed by atoms with Gasteiger partial charge in [0.25, 0.3) is 0 Å². The molecule has 0 aliphatic rings. The molecule has 0 saturated carbocycles. The van der Waals surface area contributed by atoms with Crippen LogP contribution in [0.2, 0.25) is 0 Å². The van der Waals surface area contributed by atoms with Crippen molar-refractivity contribution < 1.29 is 9.53 Å². The van der Waals surface area contributed by atoms with Gasteiger partial charge in [-0.05, 0) is 58.2 Å². The van der Waals surface area contributed by atoms with Crippen molar-refractivity contribution >= 4 is 11.8 Å². The number of nitrogens with two attached hydrogens (primary N) is 1. The lowest BCUT2D eigenvalue weighted by Gasteiger charge is -2.32. The summed E-state index contributed by atoms with van der Waals surface area (Å²) in [7, 11) is 0. The van der Waals surface area contributed by atoms with Crippen LogP contribution in [0.1, 0.15) is 58.2 Å². The highest BCUT2D eigenvalue weighted by molar-refractivity contribution is 5.69. The van der Waals surface area contributed by atoms with Crippen molar-refractivity contribution in [3.05, 3.63) is 29.3 Å². The number of rotatable bonds is 4. The molecule has 1 aromatic carbocycles.